The average molecular weight is 486 g/mol. The zero-order valence-corrected chi connectivity index (χ0v) is 18.0. The lowest BCUT2D eigenvalue weighted by molar-refractivity contribution is -0.384. The summed E-state index contributed by atoms with van der Waals surface area (Å²) >= 11 is 6.03. The van der Waals surface area contributed by atoms with E-state index >= 15 is 0 Å². The summed E-state index contributed by atoms with van der Waals surface area (Å²) in [6, 6.07) is 6.11. The molecule has 1 aliphatic heterocycles. The van der Waals surface area contributed by atoms with Crippen molar-refractivity contribution in [2.45, 2.75) is 17.7 Å². The Balaban J connectivity index is 1.68. The first-order valence-electron chi connectivity index (χ1n) is 9.30. The van der Waals surface area contributed by atoms with Crippen molar-refractivity contribution in [2.75, 3.05) is 25.0 Å². The van der Waals surface area contributed by atoms with Gasteiger partial charge in [-0.2, -0.15) is 4.31 Å². The maximum atomic E-state index is 13.8. The monoisotopic (exact) mass is 485 g/mol. The molecule has 2 aromatic rings. The van der Waals surface area contributed by atoms with Crippen LogP contribution >= 0.6 is 11.6 Å². The quantitative estimate of drug-likeness (QED) is 0.361. The van der Waals surface area contributed by atoms with Crippen LogP contribution in [0.2, 0.25) is 5.02 Å². The van der Waals surface area contributed by atoms with E-state index in [1.54, 1.807) is 0 Å². The van der Waals surface area contributed by atoms with Crippen molar-refractivity contribution < 1.29 is 32.1 Å². The summed E-state index contributed by atoms with van der Waals surface area (Å²) in [5.41, 5.74) is -1.04. The smallest absolute Gasteiger partial charge is 0.338 e. The zero-order valence-electron chi connectivity index (χ0n) is 16.4. The Labute approximate surface area is 187 Å². The number of nitrogens with zero attached hydrogens (tertiary/aromatic N) is 2. The van der Waals surface area contributed by atoms with Crippen molar-refractivity contribution in [3.05, 3.63) is 62.9 Å². The molecular weight excluding hydrogens is 469 g/mol. The minimum absolute atomic E-state index is 0.0626. The maximum absolute atomic E-state index is 13.8. The first-order valence-corrected chi connectivity index (χ1v) is 11.1. The van der Waals surface area contributed by atoms with Gasteiger partial charge in [0.15, 0.2) is 6.61 Å². The number of ether oxygens (including phenoxy) is 1. The van der Waals surface area contributed by atoms with Gasteiger partial charge in [0.25, 0.3) is 11.6 Å². The second kappa shape index (κ2) is 9.59. The summed E-state index contributed by atoms with van der Waals surface area (Å²) in [6.07, 6.45) is 1.44. The Kier molecular flexibility index (Phi) is 7.06. The van der Waals surface area contributed by atoms with Gasteiger partial charge in [0, 0.05) is 25.2 Å². The average Bonchev–Trinajstić information content (AvgIpc) is 3.29. The molecule has 0 aliphatic carbocycles. The van der Waals surface area contributed by atoms with E-state index in [9.17, 15) is 32.5 Å². The van der Waals surface area contributed by atoms with Crippen LogP contribution in [0.25, 0.3) is 0 Å². The predicted molar refractivity (Wildman–Crippen MR) is 111 cm³/mol. The molecule has 3 rings (SSSR count). The van der Waals surface area contributed by atoms with Gasteiger partial charge in [0.05, 0.1) is 21.2 Å². The molecule has 0 saturated carbocycles. The molecule has 13 heteroatoms. The molecule has 1 fully saturated rings. The Hall–Kier alpha value is -3.09. The Morgan fingerprint density at radius 1 is 1.19 bits per heavy atom. The summed E-state index contributed by atoms with van der Waals surface area (Å²) in [7, 11) is -3.90. The van der Waals surface area contributed by atoms with Gasteiger partial charge in [-0.15, -0.1) is 0 Å². The topological polar surface area (TPSA) is 136 Å². The molecule has 1 heterocycles. The molecular formula is C19H17ClFN3O7S. The van der Waals surface area contributed by atoms with E-state index in [4.69, 9.17) is 16.3 Å². The van der Waals surface area contributed by atoms with Crippen molar-refractivity contribution >= 4 is 44.9 Å². The van der Waals surface area contributed by atoms with E-state index in [0.29, 0.717) is 13.1 Å². The van der Waals surface area contributed by atoms with E-state index in [-0.39, 0.29) is 15.5 Å². The Bertz CT molecular complexity index is 1180. The lowest BCUT2D eigenvalue weighted by Crippen LogP contribution is -2.28. The number of non-ortho nitro benzene ring substituents is 1. The van der Waals surface area contributed by atoms with Crippen molar-refractivity contribution in [2.24, 2.45) is 0 Å². The molecule has 32 heavy (non-hydrogen) atoms. The number of anilines is 1. The summed E-state index contributed by atoms with van der Waals surface area (Å²) in [4.78, 5) is 34.1. The van der Waals surface area contributed by atoms with Crippen LogP contribution < -0.4 is 5.32 Å². The fourth-order valence-electron chi connectivity index (χ4n) is 3.02. The van der Waals surface area contributed by atoms with Crippen LogP contribution in [0.1, 0.15) is 23.2 Å². The molecule has 1 saturated heterocycles. The van der Waals surface area contributed by atoms with Gasteiger partial charge in [-0.25, -0.2) is 17.6 Å². The number of nitro benzene ring substituents is 1. The van der Waals surface area contributed by atoms with Gasteiger partial charge < -0.3 is 10.1 Å². The van der Waals surface area contributed by atoms with Crippen LogP contribution in [0.4, 0.5) is 15.8 Å². The number of carbonyl (C=O) groups excluding carboxylic acids is 2. The standard InChI is InChI=1S/C19H17ClFN3O7S/c20-14-5-3-12(9-17(14)32(29,30)23-7-1-2-8-23)19(26)31-11-18(25)22-16-10-13(24(27)28)4-6-15(16)21/h3-6,9-10H,1-2,7-8,11H2,(H,22,25). The lowest BCUT2D eigenvalue weighted by atomic mass is 10.2. The summed E-state index contributed by atoms with van der Waals surface area (Å²) in [6.45, 7) is -0.138. The van der Waals surface area contributed by atoms with Crippen molar-refractivity contribution in [3.8, 4) is 0 Å². The van der Waals surface area contributed by atoms with Gasteiger partial charge >= 0.3 is 5.97 Å². The lowest BCUT2D eigenvalue weighted by Gasteiger charge is -2.17. The summed E-state index contributed by atoms with van der Waals surface area (Å²) in [5.74, 6) is -2.87. The van der Waals surface area contributed by atoms with Gasteiger partial charge in [0.2, 0.25) is 10.0 Å². The number of esters is 1. The zero-order chi connectivity index (χ0) is 23.5. The van der Waals surface area contributed by atoms with Gasteiger partial charge in [-0.05, 0) is 37.1 Å². The minimum atomic E-state index is -3.90. The highest BCUT2D eigenvalue weighted by Gasteiger charge is 2.30. The number of hydrogen-bond acceptors (Lipinski definition) is 7. The molecule has 0 atom stereocenters. The highest BCUT2D eigenvalue weighted by molar-refractivity contribution is 7.89. The summed E-state index contributed by atoms with van der Waals surface area (Å²) in [5, 5.41) is 12.8. The van der Waals surface area contributed by atoms with Crippen LogP contribution in [0.15, 0.2) is 41.3 Å². The van der Waals surface area contributed by atoms with Crippen LogP contribution in [0.5, 0.6) is 0 Å². The first-order chi connectivity index (χ1) is 15.1. The van der Waals surface area contributed by atoms with Crippen LogP contribution in [-0.2, 0) is 19.6 Å². The molecule has 0 radical (unpaired) electrons. The van der Waals surface area contributed by atoms with E-state index in [2.05, 4.69) is 5.32 Å². The highest BCUT2D eigenvalue weighted by Crippen LogP contribution is 2.28. The van der Waals surface area contributed by atoms with Gasteiger partial charge in [-0.3, -0.25) is 14.9 Å². The van der Waals surface area contributed by atoms with Crippen LogP contribution in [0, 0.1) is 15.9 Å². The number of rotatable bonds is 7. The van der Waals surface area contributed by atoms with Gasteiger partial charge in [0.1, 0.15) is 10.7 Å². The largest absolute Gasteiger partial charge is 0.452 e. The molecule has 1 N–H and O–H groups in total. The van der Waals surface area contributed by atoms with Crippen molar-refractivity contribution in [1.82, 2.24) is 4.31 Å². The minimum Gasteiger partial charge on any atom is -0.452 e. The molecule has 10 nitrogen and oxygen atoms in total. The third-order valence-corrected chi connectivity index (χ3v) is 7.00. The second-order valence-corrected chi connectivity index (χ2v) is 9.12. The van der Waals surface area contributed by atoms with E-state index in [1.165, 1.54) is 16.4 Å². The second-order valence-electron chi connectivity index (χ2n) is 6.80. The number of hydrogen-bond donors (Lipinski definition) is 1. The SMILES string of the molecule is O=C(COC(=O)c1ccc(Cl)c(S(=O)(=O)N2CCCC2)c1)Nc1cc([N+](=O)[O-])ccc1F. The molecule has 0 spiro atoms. The number of sulfonamides is 1. The number of nitro groups is 1. The number of benzene rings is 2. The predicted octanol–water partition coefficient (Wildman–Crippen LogP) is 2.97. The number of nitrogens with one attached hydrogen (secondary N) is 1. The maximum Gasteiger partial charge on any atom is 0.338 e. The van der Waals surface area contributed by atoms with Gasteiger partial charge in [-0.1, -0.05) is 11.6 Å². The van der Waals surface area contributed by atoms with E-state index < -0.39 is 50.6 Å². The number of amides is 1. The molecule has 1 aliphatic rings. The Morgan fingerprint density at radius 3 is 2.53 bits per heavy atom. The number of carbonyl (C=O) groups is 2. The molecule has 0 unspecified atom stereocenters. The van der Waals surface area contributed by atoms with Crippen molar-refractivity contribution in [1.29, 1.82) is 0 Å². The fraction of sp³-hybridized carbons (Fsp3) is 0.263. The van der Waals surface area contributed by atoms with Crippen LogP contribution in [-0.4, -0.2) is 49.2 Å². The van der Waals surface area contributed by atoms with E-state index in [1.807, 2.05) is 0 Å². The van der Waals surface area contributed by atoms with E-state index in [0.717, 1.165) is 37.1 Å². The summed E-state index contributed by atoms with van der Waals surface area (Å²) < 4.78 is 45.4. The third kappa shape index (κ3) is 5.21. The number of halogens is 2. The molecule has 170 valence electrons. The normalized spacial score (nSPS) is 14.2. The Morgan fingerprint density at radius 2 is 1.88 bits per heavy atom. The first kappa shape index (κ1) is 23.6. The fourth-order valence-corrected chi connectivity index (χ4v) is 5.04. The molecule has 2 aromatic carbocycles. The molecule has 0 aromatic heterocycles. The molecule has 0 bridgehead atoms. The molecule has 1 amide bonds. The highest BCUT2D eigenvalue weighted by atomic mass is 35.5. The third-order valence-electron chi connectivity index (χ3n) is 4.62. The van der Waals surface area contributed by atoms with Crippen molar-refractivity contribution in [3.63, 3.8) is 0 Å². The van der Waals surface area contributed by atoms with Crippen LogP contribution in [0.3, 0.4) is 0 Å².